The van der Waals surface area contributed by atoms with Crippen LogP contribution in [0.4, 0.5) is 0 Å². The highest BCUT2D eigenvalue weighted by Crippen LogP contribution is 2.27. The van der Waals surface area contributed by atoms with E-state index in [0.717, 1.165) is 32.1 Å². The van der Waals surface area contributed by atoms with Crippen LogP contribution >= 0.6 is 0 Å². The minimum atomic E-state index is -3.06. The molecule has 3 N–H and O–H groups in total. The molecule has 0 aromatic heterocycles. The number of hydrogen-bond acceptors (Lipinski definition) is 3. The van der Waals surface area contributed by atoms with Crippen LogP contribution in [0.1, 0.15) is 39.0 Å². The van der Waals surface area contributed by atoms with Crippen molar-refractivity contribution in [2.45, 2.75) is 50.3 Å². The Bertz CT molecular complexity index is 260. The van der Waals surface area contributed by atoms with Crippen LogP contribution in [-0.4, -0.2) is 26.3 Å². The molecular formula is C9H20N2O2S. The highest BCUT2D eigenvalue weighted by atomic mass is 32.2. The second kappa shape index (κ2) is 5.09. The molecule has 0 aromatic rings. The van der Waals surface area contributed by atoms with E-state index in [4.69, 9.17) is 5.73 Å². The van der Waals surface area contributed by atoms with E-state index in [9.17, 15) is 8.42 Å². The van der Waals surface area contributed by atoms with Crippen molar-refractivity contribution in [1.29, 1.82) is 0 Å². The summed E-state index contributed by atoms with van der Waals surface area (Å²) in [4.78, 5) is 0. The zero-order valence-corrected chi connectivity index (χ0v) is 9.52. The van der Waals surface area contributed by atoms with Gasteiger partial charge in [-0.05, 0) is 19.3 Å². The maximum absolute atomic E-state index is 11.6. The number of rotatable bonds is 7. The molecule has 1 aliphatic carbocycles. The van der Waals surface area contributed by atoms with Crippen LogP contribution < -0.4 is 10.5 Å². The van der Waals surface area contributed by atoms with Gasteiger partial charge in [-0.25, -0.2) is 13.1 Å². The molecule has 5 heteroatoms. The molecule has 4 nitrogen and oxygen atoms in total. The predicted octanol–water partition coefficient (Wildman–Crippen LogP) is 0.586. The summed E-state index contributed by atoms with van der Waals surface area (Å²) in [5.41, 5.74) is 5.51. The van der Waals surface area contributed by atoms with Gasteiger partial charge < -0.3 is 5.73 Å². The maximum atomic E-state index is 11.6. The van der Waals surface area contributed by atoms with Crippen molar-refractivity contribution in [1.82, 2.24) is 4.72 Å². The van der Waals surface area contributed by atoms with Crippen molar-refractivity contribution in [2.24, 2.45) is 5.73 Å². The van der Waals surface area contributed by atoms with E-state index in [0.29, 0.717) is 6.54 Å². The molecule has 1 rings (SSSR count). The van der Waals surface area contributed by atoms with Crippen LogP contribution in [-0.2, 0) is 10.0 Å². The average Bonchev–Trinajstić information content (AvgIpc) is 2.95. The zero-order chi connectivity index (χ0) is 10.6. The molecule has 84 valence electrons. The van der Waals surface area contributed by atoms with Gasteiger partial charge in [0.15, 0.2) is 0 Å². The fraction of sp³-hybridized carbons (Fsp3) is 1.00. The van der Waals surface area contributed by atoms with Crippen molar-refractivity contribution >= 4 is 10.0 Å². The molecule has 1 unspecified atom stereocenters. The molecule has 0 saturated heterocycles. The van der Waals surface area contributed by atoms with Gasteiger partial charge in [-0.15, -0.1) is 0 Å². The normalized spacial score (nSPS) is 19.6. The SMILES string of the molecule is CCCCC(CN)NS(=O)(=O)C1CC1. The summed E-state index contributed by atoms with van der Waals surface area (Å²) in [7, 11) is -3.06. The first-order valence-corrected chi connectivity index (χ1v) is 6.86. The third-order valence-electron chi connectivity index (χ3n) is 2.48. The summed E-state index contributed by atoms with van der Waals surface area (Å²) in [6, 6.07) is -0.0689. The van der Waals surface area contributed by atoms with Crippen LogP contribution in [0.25, 0.3) is 0 Å². The molecule has 0 spiro atoms. The third-order valence-corrected chi connectivity index (χ3v) is 4.50. The molecule has 1 aliphatic rings. The first-order chi connectivity index (χ1) is 6.60. The van der Waals surface area contributed by atoms with E-state index in [2.05, 4.69) is 11.6 Å². The second-order valence-electron chi connectivity index (χ2n) is 3.94. The van der Waals surface area contributed by atoms with Crippen molar-refractivity contribution in [3.8, 4) is 0 Å². The van der Waals surface area contributed by atoms with Crippen LogP contribution in [0.5, 0.6) is 0 Å². The summed E-state index contributed by atoms with van der Waals surface area (Å²) >= 11 is 0. The smallest absolute Gasteiger partial charge is 0.214 e. The zero-order valence-electron chi connectivity index (χ0n) is 8.70. The monoisotopic (exact) mass is 220 g/mol. The van der Waals surface area contributed by atoms with Crippen LogP contribution in [0.15, 0.2) is 0 Å². The maximum Gasteiger partial charge on any atom is 0.214 e. The molecule has 1 saturated carbocycles. The molecule has 0 heterocycles. The first kappa shape index (κ1) is 11.9. The van der Waals surface area contributed by atoms with Gasteiger partial charge >= 0.3 is 0 Å². The quantitative estimate of drug-likeness (QED) is 0.659. The lowest BCUT2D eigenvalue weighted by Crippen LogP contribution is -2.41. The van der Waals surface area contributed by atoms with Gasteiger partial charge in [0.05, 0.1) is 5.25 Å². The summed E-state index contributed by atoms with van der Waals surface area (Å²) < 4.78 is 25.8. The van der Waals surface area contributed by atoms with Crippen molar-refractivity contribution in [3.05, 3.63) is 0 Å². The van der Waals surface area contributed by atoms with E-state index in [-0.39, 0.29) is 11.3 Å². The Morgan fingerprint density at radius 1 is 1.50 bits per heavy atom. The number of nitrogens with two attached hydrogens (primary N) is 1. The second-order valence-corrected chi connectivity index (χ2v) is 5.93. The summed E-state index contributed by atoms with van der Waals surface area (Å²) in [5.74, 6) is 0. The van der Waals surface area contributed by atoms with E-state index >= 15 is 0 Å². The lowest BCUT2D eigenvalue weighted by Gasteiger charge is -2.16. The van der Waals surface area contributed by atoms with E-state index < -0.39 is 10.0 Å². The van der Waals surface area contributed by atoms with Crippen molar-refractivity contribution in [2.75, 3.05) is 6.54 Å². The van der Waals surface area contributed by atoms with Gasteiger partial charge in [-0.2, -0.15) is 0 Å². The largest absolute Gasteiger partial charge is 0.329 e. The molecule has 0 bridgehead atoms. The molecule has 0 aromatic carbocycles. The number of unbranched alkanes of at least 4 members (excludes halogenated alkanes) is 1. The van der Waals surface area contributed by atoms with Gasteiger partial charge in [0, 0.05) is 12.6 Å². The number of nitrogens with one attached hydrogen (secondary N) is 1. The molecule has 0 radical (unpaired) electrons. The Kier molecular flexibility index (Phi) is 4.34. The lowest BCUT2D eigenvalue weighted by atomic mass is 10.1. The summed E-state index contributed by atoms with van der Waals surface area (Å²) in [6.45, 7) is 2.48. The first-order valence-electron chi connectivity index (χ1n) is 5.31. The Labute approximate surface area is 86.3 Å². The van der Waals surface area contributed by atoms with Gasteiger partial charge in [-0.1, -0.05) is 19.8 Å². The Morgan fingerprint density at radius 3 is 2.57 bits per heavy atom. The summed E-state index contributed by atoms with van der Waals surface area (Å²) in [5, 5.41) is -0.141. The molecule has 0 aliphatic heterocycles. The van der Waals surface area contributed by atoms with Gasteiger partial charge in [0.2, 0.25) is 10.0 Å². The van der Waals surface area contributed by atoms with Crippen LogP contribution in [0.2, 0.25) is 0 Å². The minimum absolute atomic E-state index is 0.0689. The van der Waals surface area contributed by atoms with E-state index in [1.54, 1.807) is 0 Å². The molecule has 0 amide bonds. The summed E-state index contributed by atoms with van der Waals surface area (Å²) in [6.07, 6.45) is 4.55. The topological polar surface area (TPSA) is 72.2 Å². The van der Waals surface area contributed by atoms with Crippen LogP contribution in [0, 0.1) is 0 Å². The fourth-order valence-corrected chi connectivity index (χ4v) is 3.01. The molecule has 14 heavy (non-hydrogen) atoms. The van der Waals surface area contributed by atoms with Crippen molar-refractivity contribution in [3.63, 3.8) is 0 Å². The Balaban J connectivity index is 2.38. The average molecular weight is 220 g/mol. The number of sulfonamides is 1. The lowest BCUT2D eigenvalue weighted by molar-refractivity contribution is 0.515. The molecule has 1 atom stereocenters. The van der Waals surface area contributed by atoms with E-state index in [1.165, 1.54) is 0 Å². The van der Waals surface area contributed by atoms with Gasteiger partial charge in [0.25, 0.3) is 0 Å². The van der Waals surface area contributed by atoms with E-state index in [1.807, 2.05) is 0 Å². The van der Waals surface area contributed by atoms with Gasteiger partial charge in [0.1, 0.15) is 0 Å². The molecule has 1 fully saturated rings. The highest BCUT2D eigenvalue weighted by Gasteiger charge is 2.36. The Hall–Kier alpha value is -0.130. The standard InChI is InChI=1S/C9H20N2O2S/c1-2-3-4-8(7-10)11-14(12,13)9-5-6-9/h8-9,11H,2-7,10H2,1H3. The van der Waals surface area contributed by atoms with Gasteiger partial charge in [-0.3, -0.25) is 0 Å². The highest BCUT2D eigenvalue weighted by molar-refractivity contribution is 7.90. The van der Waals surface area contributed by atoms with Crippen LogP contribution in [0.3, 0.4) is 0 Å². The third kappa shape index (κ3) is 3.55. The van der Waals surface area contributed by atoms with Crippen molar-refractivity contribution < 1.29 is 8.42 Å². The molecular weight excluding hydrogens is 200 g/mol. The number of hydrogen-bond donors (Lipinski definition) is 2. The predicted molar refractivity (Wildman–Crippen MR) is 57.4 cm³/mol. The fourth-order valence-electron chi connectivity index (χ4n) is 1.38. The minimum Gasteiger partial charge on any atom is -0.329 e. The Morgan fingerprint density at radius 2 is 2.14 bits per heavy atom.